The molecule has 0 unspecified atom stereocenters. The molecule has 0 saturated heterocycles. The SMILES string of the molecule is Cc1cnc2n1-c1cc(Br)ccc1N1CCc3cccc-2c31. The largest absolute Gasteiger partial charge is 0.339 e. The molecule has 0 atom stereocenters. The van der Waals surface area contributed by atoms with Crippen LogP contribution in [0, 0.1) is 6.92 Å². The number of rotatable bonds is 0. The number of hydrogen-bond donors (Lipinski definition) is 0. The van der Waals surface area contributed by atoms with E-state index in [4.69, 9.17) is 4.98 Å². The maximum absolute atomic E-state index is 4.71. The van der Waals surface area contributed by atoms with Gasteiger partial charge in [0.05, 0.1) is 17.1 Å². The monoisotopic (exact) mass is 351 g/mol. The van der Waals surface area contributed by atoms with Gasteiger partial charge in [0.1, 0.15) is 5.82 Å². The van der Waals surface area contributed by atoms with Gasteiger partial charge in [0, 0.05) is 28.5 Å². The molecule has 4 heteroatoms. The lowest BCUT2D eigenvalue weighted by atomic mass is 10.1. The van der Waals surface area contributed by atoms with E-state index in [1.807, 2.05) is 6.20 Å². The first-order chi connectivity index (χ1) is 10.7. The van der Waals surface area contributed by atoms with Crippen molar-refractivity contribution >= 4 is 27.3 Å². The van der Waals surface area contributed by atoms with Crippen molar-refractivity contribution in [3.05, 3.63) is 58.3 Å². The molecule has 2 aliphatic heterocycles. The van der Waals surface area contributed by atoms with Gasteiger partial charge in [-0.3, -0.25) is 4.57 Å². The Morgan fingerprint density at radius 1 is 1.14 bits per heavy atom. The third kappa shape index (κ3) is 1.48. The predicted molar refractivity (Wildman–Crippen MR) is 92.1 cm³/mol. The van der Waals surface area contributed by atoms with E-state index in [1.54, 1.807) is 0 Å². The van der Waals surface area contributed by atoms with Crippen molar-refractivity contribution < 1.29 is 0 Å². The Labute approximate surface area is 137 Å². The summed E-state index contributed by atoms with van der Waals surface area (Å²) in [4.78, 5) is 7.16. The van der Waals surface area contributed by atoms with E-state index in [2.05, 4.69) is 68.7 Å². The second-order valence-electron chi connectivity index (χ2n) is 5.91. The number of imidazole rings is 1. The quantitative estimate of drug-likeness (QED) is 0.589. The summed E-state index contributed by atoms with van der Waals surface area (Å²) in [6.07, 6.45) is 3.06. The van der Waals surface area contributed by atoms with Gasteiger partial charge in [-0.05, 0) is 43.2 Å². The number of nitrogens with zero attached hydrogens (tertiary/aromatic N) is 3. The highest BCUT2D eigenvalue weighted by molar-refractivity contribution is 9.10. The standard InChI is InChI=1S/C18H14BrN3/c1-11-10-20-18-14-4-2-3-12-7-8-21(17(12)14)15-6-5-13(19)9-16(15)22(11)18/h2-6,9-10H,7-8H2,1H3. The molecule has 0 fully saturated rings. The molecular formula is C18H14BrN3. The molecule has 0 bridgehead atoms. The highest BCUT2D eigenvalue weighted by Crippen LogP contribution is 2.47. The molecule has 108 valence electrons. The Bertz CT molecular complexity index is 926. The summed E-state index contributed by atoms with van der Waals surface area (Å²) < 4.78 is 3.37. The minimum Gasteiger partial charge on any atom is -0.339 e. The van der Waals surface area contributed by atoms with Gasteiger partial charge in [-0.1, -0.05) is 28.1 Å². The first-order valence-corrected chi connectivity index (χ1v) is 8.27. The average molecular weight is 352 g/mol. The van der Waals surface area contributed by atoms with Crippen LogP contribution in [-0.4, -0.2) is 16.1 Å². The fourth-order valence-corrected chi connectivity index (χ4v) is 4.06. The third-order valence-electron chi connectivity index (χ3n) is 4.64. The first-order valence-electron chi connectivity index (χ1n) is 7.48. The molecule has 1 aromatic heterocycles. The van der Waals surface area contributed by atoms with Crippen molar-refractivity contribution in [2.24, 2.45) is 0 Å². The topological polar surface area (TPSA) is 21.1 Å². The zero-order valence-corrected chi connectivity index (χ0v) is 13.8. The van der Waals surface area contributed by atoms with Crippen LogP contribution in [0.15, 0.2) is 47.1 Å². The van der Waals surface area contributed by atoms with Crippen LogP contribution in [0.2, 0.25) is 0 Å². The summed E-state index contributed by atoms with van der Waals surface area (Å²) in [5.41, 5.74) is 7.59. The Hall–Kier alpha value is -2.07. The van der Waals surface area contributed by atoms with Crippen LogP contribution in [0.5, 0.6) is 0 Å². The van der Waals surface area contributed by atoms with Crippen molar-refractivity contribution in [3.63, 3.8) is 0 Å². The number of para-hydroxylation sites is 1. The Kier molecular flexibility index (Phi) is 2.40. The lowest BCUT2D eigenvalue weighted by Gasteiger charge is -2.22. The maximum Gasteiger partial charge on any atom is 0.146 e. The van der Waals surface area contributed by atoms with E-state index in [9.17, 15) is 0 Å². The Balaban J connectivity index is 1.98. The fraction of sp³-hybridized carbons (Fsp3) is 0.167. The smallest absolute Gasteiger partial charge is 0.146 e. The molecule has 3 aromatic rings. The Morgan fingerprint density at radius 3 is 2.95 bits per heavy atom. The zero-order chi connectivity index (χ0) is 14.8. The molecule has 0 saturated carbocycles. The molecular weight excluding hydrogens is 338 g/mol. The van der Waals surface area contributed by atoms with Crippen LogP contribution in [-0.2, 0) is 6.42 Å². The minimum absolute atomic E-state index is 1.03. The van der Waals surface area contributed by atoms with Crippen LogP contribution in [0.4, 0.5) is 11.4 Å². The number of aromatic nitrogens is 2. The van der Waals surface area contributed by atoms with Crippen LogP contribution >= 0.6 is 15.9 Å². The molecule has 5 rings (SSSR count). The highest BCUT2D eigenvalue weighted by Gasteiger charge is 2.31. The number of fused-ring (bicyclic) bond motifs is 5. The van der Waals surface area contributed by atoms with Crippen molar-refractivity contribution in [2.45, 2.75) is 13.3 Å². The van der Waals surface area contributed by atoms with E-state index >= 15 is 0 Å². The number of anilines is 2. The summed E-state index contributed by atoms with van der Waals surface area (Å²) in [6.45, 7) is 3.15. The molecule has 3 nitrogen and oxygen atoms in total. The lowest BCUT2D eigenvalue weighted by molar-refractivity contribution is 0.973. The summed E-state index contributed by atoms with van der Waals surface area (Å²) in [5.74, 6) is 1.04. The Morgan fingerprint density at radius 2 is 2.05 bits per heavy atom. The molecule has 3 heterocycles. The van der Waals surface area contributed by atoms with Crippen molar-refractivity contribution in [3.8, 4) is 17.1 Å². The third-order valence-corrected chi connectivity index (χ3v) is 5.14. The van der Waals surface area contributed by atoms with Gasteiger partial charge in [-0.25, -0.2) is 4.98 Å². The van der Waals surface area contributed by atoms with E-state index < -0.39 is 0 Å². The summed E-state index contributed by atoms with van der Waals surface area (Å²) in [7, 11) is 0. The number of halogens is 1. The van der Waals surface area contributed by atoms with Crippen molar-refractivity contribution in [1.82, 2.24) is 9.55 Å². The summed E-state index contributed by atoms with van der Waals surface area (Å²) in [6, 6.07) is 13.1. The highest BCUT2D eigenvalue weighted by atomic mass is 79.9. The fourth-order valence-electron chi connectivity index (χ4n) is 3.71. The van der Waals surface area contributed by atoms with Gasteiger partial charge >= 0.3 is 0 Å². The second-order valence-corrected chi connectivity index (χ2v) is 6.82. The van der Waals surface area contributed by atoms with E-state index in [-0.39, 0.29) is 0 Å². The van der Waals surface area contributed by atoms with Crippen LogP contribution in [0.25, 0.3) is 17.1 Å². The van der Waals surface area contributed by atoms with Crippen LogP contribution < -0.4 is 4.90 Å². The molecule has 0 N–H and O–H groups in total. The normalized spacial score (nSPS) is 14.4. The molecule has 0 spiro atoms. The number of aryl methyl sites for hydroxylation is 1. The van der Waals surface area contributed by atoms with Gasteiger partial charge in [0.25, 0.3) is 0 Å². The van der Waals surface area contributed by atoms with Crippen LogP contribution in [0.1, 0.15) is 11.3 Å². The van der Waals surface area contributed by atoms with Gasteiger partial charge in [0.2, 0.25) is 0 Å². The average Bonchev–Trinajstić information content (AvgIpc) is 3.07. The zero-order valence-electron chi connectivity index (χ0n) is 12.2. The van der Waals surface area contributed by atoms with Gasteiger partial charge in [-0.15, -0.1) is 0 Å². The van der Waals surface area contributed by atoms with Gasteiger partial charge < -0.3 is 4.90 Å². The van der Waals surface area contributed by atoms with Crippen LogP contribution in [0.3, 0.4) is 0 Å². The van der Waals surface area contributed by atoms with Gasteiger partial charge in [-0.2, -0.15) is 0 Å². The molecule has 2 aliphatic rings. The molecule has 0 amide bonds. The molecule has 2 aromatic carbocycles. The van der Waals surface area contributed by atoms with Crippen molar-refractivity contribution in [2.75, 3.05) is 11.4 Å². The van der Waals surface area contributed by atoms with E-state index in [0.29, 0.717) is 0 Å². The first kappa shape index (κ1) is 12.5. The van der Waals surface area contributed by atoms with Crippen molar-refractivity contribution in [1.29, 1.82) is 0 Å². The van der Waals surface area contributed by atoms with Gasteiger partial charge in [0.15, 0.2) is 0 Å². The summed E-state index contributed by atoms with van der Waals surface area (Å²) >= 11 is 3.62. The molecule has 0 radical (unpaired) electrons. The molecule has 0 aliphatic carbocycles. The summed E-state index contributed by atoms with van der Waals surface area (Å²) in [5, 5.41) is 0. The predicted octanol–water partition coefficient (Wildman–Crippen LogP) is 4.62. The number of benzene rings is 2. The second kappa shape index (κ2) is 4.23. The maximum atomic E-state index is 4.71. The lowest BCUT2D eigenvalue weighted by Crippen LogP contribution is -2.14. The van der Waals surface area contributed by atoms with E-state index in [1.165, 1.54) is 28.2 Å². The molecule has 22 heavy (non-hydrogen) atoms. The minimum atomic E-state index is 1.03. The van der Waals surface area contributed by atoms with E-state index in [0.717, 1.165) is 29.0 Å². The number of hydrogen-bond acceptors (Lipinski definition) is 2.